The van der Waals surface area contributed by atoms with Crippen molar-refractivity contribution in [1.29, 1.82) is 5.41 Å². The molecule has 24 heavy (non-hydrogen) atoms. The first kappa shape index (κ1) is 21.4. The molecule has 3 fully saturated rings. The van der Waals surface area contributed by atoms with Crippen molar-refractivity contribution in [3.63, 3.8) is 0 Å². The Balaban J connectivity index is 0.000000189. The maximum atomic E-state index is 7.47. The highest BCUT2D eigenvalue weighted by atomic mass is 32.2. The van der Waals surface area contributed by atoms with Gasteiger partial charge < -0.3 is 29.7 Å². The Morgan fingerprint density at radius 1 is 0.875 bits per heavy atom. The fraction of sp³-hybridized carbons (Fsp3) is 0.867. The van der Waals surface area contributed by atoms with Gasteiger partial charge >= 0.3 is 0 Å². The predicted octanol–water partition coefficient (Wildman–Crippen LogP) is 0.975. The zero-order chi connectivity index (χ0) is 17.6. The number of rotatable bonds is 0. The van der Waals surface area contributed by atoms with Gasteiger partial charge in [-0.1, -0.05) is 11.8 Å². The average molecular weight is 379 g/mol. The van der Waals surface area contributed by atoms with E-state index in [2.05, 4.69) is 0 Å². The van der Waals surface area contributed by atoms with E-state index in [1.807, 2.05) is 16.1 Å². The molecule has 0 atom stereocenters. The van der Waals surface area contributed by atoms with E-state index in [1.165, 1.54) is 24.6 Å². The first-order valence-electron chi connectivity index (χ1n) is 8.30. The van der Waals surface area contributed by atoms with Crippen molar-refractivity contribution in [3.05, 3.63) is 0 Å². The third-order valence-electron chi connectivity index (χ3n) is 3.64. The normalized spacial score (nSPS) is 20.4. The quantitative estimate of drug-likeness (QED) is 0.367. The molecule has 0 aromatic rings. The van der Waals surface area contributed by atoms with E-state index in [9.17, 15) is 0 Å². The molecular formula is C15H30N4O3S2. The maximum absolute atomic E-state index is 7.47. The van der Waals surface area contributed by atoms with Gasteiger partial charge in [0, 0.05) is 39.4 Å². The second-order valence-corrected chi connectivity index (χ2v) is 6.58. The fourth-order valence-corrected chi connectivity index (χ4v) is 2.81. The van der Waals surface area contributed by atoms with Gasteiger partial charge in [-0.25, -0.2) is 0 Å². The number of nitrogens with two attached hydrogens (primary N) is 1. The molecule has 3 aliphatic heterocycles. The Hall–Kier alpha value is -0.610. The standard InChI is InChI=1S/C6H12N2OS.C5H10N2OS.C4H8O/c1-10-6(7)8-2-4-9-5-3-8;6-5(9)7-1-3-8-4-2-7;1-2-4-5-3-1/h7H,2-5H2,1H3;1-4H2,(H2,6,9);1-4H2. The summed E-state index contributed by atoms with van der Waals surface area (Å²) in [6, 6.07) is 0. The zero-order valence-electron chi connectivity index (χ0n) is 14.5. The topological polar surface area (TPSA) is 84.0 Å². The van der Waals surface area contributed by atoms with Crippen LogP contribution in [-0.4, -0.2) is 92.2 Å². The molecule has 3 saturated heterocycles. The number of hydrogen-bond acceptors (Lipinski definition) is 6. The van der Waals surface area contributed by atoms with Crippen LogP contribution in [0.3, 0.4) is 0 Å². The third kappa shape index (κ3) is 9.63. The van der Waals surface area contributed by atoms with Crippen molar-refractivity contribution in [2.24, 2.45) is 5.73 Å². The molecule has 0 bridgehead atoms. The first-order valence-corrected chi connectivity index (χ1v) is 9.93. The summed E-state index contributed by atoms with van der Waals surface area (Å²) in [6.07, 6.45) is 4.48. The van der Waals surface area contributed by atoms with Crippen LogP contribution in [0.15, 0.2) is 0 Å². The summed E-state index contributed by atoms with van der Waals surface area (Å²) in [7, 11) is 0. The second-order valence-electron chi connectivity index (χ2n) is 5.37. The molecular weight excluding hydrogens is 348 g/mol. The summed E-state index contributed by atoms with van der Waals surface area (Å²) in [5, 5.41) is 8.61. The lowest BCUT2D eigenvalue weighted by molar-refractivity contribution is 0.0686. The van der Waals surface area contributed by atoms with Crippen LogP contribution in [0.5, 0.6) is 0 Å². The van der Waals surface area contributed by atoms with E-state index < -0.39 is 0 Å². The molecule has 3 rings (SSSR count). The number of hydrogen-bond donors (Lipinski definition) is 2. The molecule has 140 valence electrons. The summed E-state index contributed by atoms with van der Waals surface area (Å²) >= 11 is 6.25. The number of thiocarbonyl (C=S) groups is 1. The molecule has 0 radical (unpaired) electrons. The van der Waals surface area contributed by atoms with Crippen LogP contribution in [-0.2, 0) is 14.2 Å². The molecule has 0 unspecified atom stereocenters. The highest BCUT2D eigenvalue weighted by Gasteiger charge is 2.12. The largest absolute Gasteiger partial charge is 0.381 e. The van der Waals surface area contributed by atoms with Crippen LogP contribution >= 0.6 is 24.0 Å². The molecule has 0 saturated carbocycles. The van der Waals surface area contributed by atoms with E-state index >= 15 is 0 Å². The number of thioether (sulfide) groups is 1. The number of nitrogens with one attached hydrogen (secondary N) is 1. The molecule has 3 heterocycles. The van der Waals surface area contributed by atoms with Gasteiger partial charge in [-0.15, -0.1) is 0 Å². The summed E-state index contributed by atoms with van der Waals surface area (Å²) in [6.45, 7) is 8.46. The minimum Gasteiger partial charge on any atom is -0.381 e. The predicted molar refractivity (Wildman–Crippen MR) is 103 cm³/mol. The lowest BCUT2D eigenvalue weighted by Crippen LogP contribution is -2.43. The van der Waals surface area contributed by atoms with Crippen molar-refractivity contribution in [2.75, 3.05) is 72.1 Å². The van der Waals surface area contributed by atoms with E-state index in [0.29, 0.717) is 10.3 Å². The van der Waals surface area contributed by atoms with E-state index in [0.717, 1.165) is 65.8 Å². The molecule has 0 aromatic carbocycles. The molecule has 0 spiro atoms. The minimum absolute atomic E-state index is 0.485. The molecule has 0 aliphatic carbocycles. The monoisotopic (exact) mass is 378 g/mol. The van der Waals surface area contributed by atoms with Gasteiger partial charge in [-0.2, -0.15) is 0 Å². The van der Waals surface area contributed by atoms with Crippen LogP contribution in [0.25, 0.3) is 0 Å². The Kier molecular flexibility index (Phi) is 12.2. The Morgan fingerprint density at radius 2 is 1.29 bits per heavy atom. The molecule has 3 aliphatic rings. The highest BCUT2D eigenvalue weighted by molar-refractivity contribution is 8.13. The minimum atomic E-state index is 0.485. The van der Waals surface area contributed by atoms with Crippen molar-refractivity contribution < 1.29 is 14.2 Å². The van der Waals surface area contributed by atoms with E-state index in [-0.39, 0.29) is 0 Å². The van der Waals surface area contributed by atoms with Gasteiger partial charge in [0.05, 0.1) is 26.4 Å². The maximum Gasteiger partial charge on any atom is 0.166 e. The fourth-order valence-electron chi connectivity index (χ4n) is 2.19. The van der Waals surface area contributed by atoms with Gasteiger partial charge in [-0.3, -0.25) is 5.41 Å². The van der Waals surface area contributed by atoms with Gasteiger partial charge in [0.2, 0.25) is 0 Å². The van der Waals surface area contributed by atoms with E-state index in [1.54, 1.807) is 0 Å². The molecule has 3 N–H and O–H groups in total. The summed E-state index contributed by atoms with van der Waals surface area (Å²) in [4.78, 5) is 3.98. The smallest absolute Gasteiger partial charge is 0.166 e. The Labute approximate surface area is 154 Å². The number of nitrogens with zero attached hydrogens (tertiary/aromatic N) is 2. The average Bonchev–Trinajstić information content (AvgIpc) is 3.23. The van der Waals surface area contributed by atoms with Crippen molar-refractivity contribution in [3.8, 4) is 0 Å². The van der Waals surface area contributed by atoms with Gasteiger partial charge in [-0.05, 0) is 31.3 Å². The van der Waals surface area contributed by atoms with Crippen molar-refractivity contribution >= 4 is 34.3 Å². The lowest BCUT2D eigenvalue weighted by atomic mass is 10.4. The Bertz CT molecular complexity index is 351. The van der Waals surface area contributed by atoms with Gasteiger partial charge in [0.15, 0.2) is 10.3 Å². The summed E-state index contributed by atoms with van der Waals surface area (Å²) in [5.41, 5.74) is 5.37. The SMILES string of the molecule is C1CCOC1.CSC(=N)N1CCOCC1.NC(=S)N1CCOCC1. The Morgan fingerprint density at radius 3 is 1.58 bits per heavy atom. The van der Waals surface area contributed by atoms with Crippen LogP contribution in [0, 0.1) is 5.41 Å². The van der Waals surface area contributed by atoms with Gasteiger partial charge in [0.1, 0.15) is 0 Å². The molecule has 7 nitrogen and oxygen atoms in total. The van der Waals surface area contributed by atoms with Crippen LogP contribution in [0.2, 0.25) is 0 Å². The summed E-state index contributed by atoms with van der Waals surface area (Å²) in [5.74, 6) is 0. The molecule has 0 amide bonds. The van der Waals surface area contributed by atoms with Crippen LogP contribution in [0.4, 0.5) is 0 Å². The highest BCUT2D eigenvalue weighted by Crippen LogP contribution is 2.05. The van der Waals surface area contributed by atoms with Crippen molar-refractivity contribution in [1.82, 2.24) is 9.80 Å². The number of ether oxygens (including phenoxy) is 3. The van der Waals surface area contributed by atoms with Crippen LogP contribution in [0.1, 0.15) is 12.8 Å². The van der Waals surface area contributed by atoms with Crippen molar-refractivity contribution in [2.45, 2.75) is 12.8 Å². The third-order valence-corrected chi connectivity index (χ3v) is 4.54. The van der Waals surface area contributed by atoms with Crippen LogP contribution < -0.4 is 5.73 Å². The molecule has 9 heteroatoms. The first-order chi connectivity index (χ1) is 11.6. The zero-order valence-corrected chi connectivity index (χ0v) is 16.1. The number of amidine groups is 1. The summed E-state index contributed by atoms with van der Waals surface area (Å²) < 4.78 is 15.2. The van der Waals surface area contributed by atoms with E-state index in [4.69, 9.17) is 37.6 Å². The second kappa shape index (κ2) is 13.7. The van der Waals surface area contributed by atoms with Gasteiger partial charge in [0.25, 0.3) is 0 Å². The lowest BCUT2D eigenvalue weighted by Gasteiger charge is -2.27. The molecule has 0 aromatic heterocycles. The number of morpholine rings is 2.